The number of rotatable bonds is 7. The Balaban J connectivity index is 1.90. The van der Waals surface area contributed by atoms with E-state index >= 15 is 0 Å². The van der Waals surface area contributed by atoms with Crippen molar-refractivity contribution in [2.75, 3.05) is 13.7 Å². The molecule has 1 amide bonds. The van der Waals surface area contributed by atoms with E-state index in [-0.39, 0.29) is 17.7 Å². The van der Waals surface area contributed by atoms with Crippen molar-refractivity contribution in [3.63, 3.8) is 0 Å². The number of furan rings is 1. The molecular weight excluding hydrogens is 330 g/mol. The lowest BCUT2D eigenvalue weighted by Crippen LogP contribution is -2.29. The predicted molar refractivity (Wildman–Crippen MR) is 98.6 cm³/mol. The molecule has 3 rings (SSSR count). The second kappa shape index (κ2) is 8.25. The zero-order chi connectivity index (χ0) is 18.4. The van der Waals surface area contributed by atoms with E-state index in [0.717, 1.165) is 22.6 Å². The largest absolute Gasteiger partial charge is 0.497 e. The second-order valence-electron chi connectivity index (χ2n) is 5.66. The first-order valence-corrected chi connectivity index (χ1v) is 8.42. The van der Waals surface area contributed by atoms with E-state index in [9.17, 15) is 4.79 Å². The number of carbonyl (C=O) groups is 1. The summed E-state index contributed by atoms with van der Waals surface area (Å²) < 4.78 is 15.9. The van der Waals surface area contributed by atoms with Gasteiger partial charge in [-0.1, -0.05) is 24.3 Å². The number of hydrogen-bond donors (Lipinski definition) is 1. The van der Waals surface area contributed by atoms with Crippen LogP contribution in [0.2, 0.25) is 0 Å². The van der Waals surface area contributed by atoms with Gasteiger partial charge in [0.05, 0.1) is 26.0 Å². The van der Waals surface area contributed by atoms with Gasteiger partial charge in [0.15, 0.2) is 5.76 Å². The Morgan fingerprint density at radius 1 is 1.00 bits per heavy atom. The minimum Gasteiger partial charge on any atom is -0.497 e. The SMILES string of the molecule is CCOc1ccc(C(NC(=O)c2ccco2)c2ccc(OC)cc2)cc1. The van der Waals surface area contributed by atoms with Gasteiger partial charge in [0.2, 0.25) is 0 Å². The number of methoxy groups -OCH3 is 1. The molecule has 134 valence electrons. The summed E-state index contributed by atoms with van der Waals surface area (Å²) >= 11 is 0. The van der Waals surface area contributed by atoms with Crippen LogP contribution in [0.15, 0.2) is 71.3 Å². The molecule has 1 aromatic heterocycles. The van der Waals surface area contributed by atoms with Crippen molar-refractivity contribution < 1.29 is 18.7 Å². The fourth-order valence-electron chi connectivity index (χ4n) is 2.69. The van der Waals surface area contributed by atoms with Crippen molar-refractivity contribution in [3.8, 4) is 11.5 Å². The van der Waals surface area contributed by atoms with Gasteiger partial charge in [-0.25, -0.2) is 0 Å². The van der Waals surface area contributed by atoms with Gasteiger partial charge in [-0.3, -0.25) is 4.79 Å². The summed E-state index contributed by atoms with van der Waals surface area (Å²) in [7, 11) is 1.62. The van der Waals surface area contributed by atoms with E-state index < -0.39 is 0 Å². The van der Waals surface area contributed by atoms with Crippen LogP contribution in [0.4, 0.5) is 0 Å². The van der Waals surface area contributed by atoms with Gasteiger partial charge in [0.1, 0.15) is 11.5 Å². The molecule has 0 aliphatic heterocycles. The van der Waals surface area contributed by atoms with Crippen LogP contribution in [0.1, 0.15) is 34.6 Å². The van der Waals surface area contributed by atoms with Crippen molar-refractivity contribution in [1.29, 1.82) is 0 Å². The molecule has 0 aliphatic rings. The molecule has 1 unspecified atom stereocenters. The molecule has 2 aromatic carbocycles. The monoisotopic (exact) mass is 351 g/mol. The number of amides is 1. The van der Waals surface area contributed by atoms with E-state index in [4.69, 9.17) is 13.9 Å². The lowest BCUT2D eigenvalue weighted by molar-refractivity contribution is 0.0915. The van der Waals surface area contributed by atoms with Gasteiger partial charge < -0.3 is 19.2 Å². The van der Waals surface area contributed by atoms with Crippen molar-refractivity contribution in [3.05, 3.63) is 83.8 Å². The molecule has 1 atom stereocenters. The Morgan fingerprint density at radius 3 is 2.12 bits per heavy atom. The third-order valence-electron chi connectivity index (χ3n) is 3.99. The molecule has 3 aromatic rings. The number of nitrogens with one attached hydrogen (secondary N) is 1. The summed E-state index contributed by atoms with van der Waals surface area (Å²) in [4.78, 5) is 12.5. The van der Waals surface area contributed by atoms with Gasteiger partial charge in [-0.15, -0.1) is 0 Å². The molecule has 5 heteroatoms. The molecule has 1 heterocycles. The third kappa shape index (κ3) is 4.06. The highest BCUT2D eigenvalue weighted by atomic mass is 16.5. The van der Waals surface area contributed by atoms with E-state index in [2.05, 4.69) is 5.32 Å². The standard InChI is InChI=1S/C21H21NO4/c1-3-25-18-12-8-16(9-13-18)20(15-6-10-17(24-2)11-7-15)22-21(23)19-5-4-14-26-19/h4-14,20H,3H2,1-2H3,(H,22,23). The highest BCUT2D eigenvalue weighted by Gasteiger charge is 2.19. The topological polar surface area (TPSA) is 60.7 Å². The summed E-state index contributed by atoms with van der Waals surface area (Å²) in [5.74, 6) is 1.55. The van der Waals surface area contributed by atoms with Crippen molar-refractivity contribution in [1.82, 2.24) is 5.32 Å². The molecule has 0 aliphatic carbocycles. The molecule has 26 heavy (non-hydrogen) atoms. The lowest BCUT2D eigenvalue weighted by Gasteiger charge is -2.20. The molecule has 5 nitrogen and oxygen atoms in total. The molecule has 0 fully saturated rings. The minimum absolute atomic E-state index is 0.273. The van der Waals surface area contributed by atoms with Crippen LogP contribution in [0.25, 0.3) is 0 Å². The maximum absolute atomic E-state index is 12.5. The fourth-order valence-corrected chi connectivity index (χ4v) is 2.69. The zero-order valence-electron chi connectivity index (χ0n) is 14.8. The van der Waals surface area contributed by atoms with E-state index in [1.807, 2.05) is 55.5 Å². The quantitative estimate of drug-likeness (QED) is 0.693. The van der Waals surface area contributed by atoms with Crippen LogP contribution in [0, 0.1) is 0 Å². The Hall–Kier alpha value is -3.21. The number of carbonyl (C=O) groups excluding carboxylic acids is 1. The third-order valence-corrected chi connectivity index (χ3v) is 3.99. The van der Waals surface area contributed by atoms with Gasteiger partial charge in [0, 0.05) is 0 Å². The lowest BCUT2D eigenvalue weighted by atomic mass is 9.98. The summed E-state index contributed by atoms with van der Waals surface area (Å²) in [6.45, 7) is 2.55. The first-order chi connectivity index (χ1) is 12.7. The smallest absolute Gasteiger partial charge is 0.287 e. The summed E-state index contributed by atoms with van der Waals surface area (Å²) in [5.41, 5.74) is 1.88. The first-order valence-electron chi connectivity index (χ1n) is 8.42. The average Bonchev–Trinajstić information content (AvgIpc) is 3.22. The molecule has 0 saturated heterocycles. The Kier molecular flexibility index (Phi) is 5.59. The normalized spacial score (nSPS) is 11.6. The molecule has 0 saturated carbocycles. The van der Waals surface area contributed by atoms with E-state index in [0.29, 0.717) is 6.61 Å². The highest BCUT2D eigenvalue weighted by molar-refractivity contribution is 5.91. The van der Waals surface area contributed by atoms with Crippen LogP contribution in [0.3, 0.4) is 0 Å². The van der Waals surface area contributed by atoms with E-state index in [1.165, 1.54) is 6.26 Å². The van der Waals surface area contributed by atoms with Gasteiger partial charge >= 0.3 is 0 Å². The Labute approximate surface area is 152 Å². The molecule has 0 bridgehead atoms. The van der Waals surface area contributed by atoms with Crippen LogP contribution in [0.5, 0.6) is 11.5 Å². The summed E-state index contributed by atoms with van der Waals surface area (Å²) in [6.07, 6.45) is 1.48. The van der Waals surface area contributed by atoms with Crippen LogP contribution in [-0.2, 0) is 0 Å². The van der Waals surface area contributed by atoms with Gasteiger partial charge in [-0.2, -0.15) is 0 Å². The number of benzene rings is 2. The molecule has 0 radical (unpaired) electrons. The molecule has 1 N–H and O–H groups in total. The van der Waals surface area contributed by atoms with Crippen molar-refractivity contribution in [2.24, 2.45) is 0 Å². The van der Waals surface area contributed by atoms with Gasteiger partial charge in [-0.05, 0) is 54.4 Å². The number of ether oxygens (including phenoxy) is 2. The zero-order valence-corrected chi connectivity index (χ0v) is 14.8. The van der Waals surface area contributed by atoms with Gasteiger partial charge in [0.25, 0.3) is 5.91 Å². The summed E-state index contributed by atoms with van der Waals surface area (Å²) in [5, 5.41) is 3.03. The van der Waals surface area contributed by atoms with Crippen LogP contribution < -0.4 is 14.8 Å². The fraction of sp³-hybridized carbons (Fsp3) is 0.190. The predicted octanol–water partition coefficient (Wildman–Crippen LogP) is 4.21. The Bertz CT molecular complexity index is 823. The van der Waals surface area contributed by atoms with Crippen molar-refractivity contribution >= 4 is 5.91 Å². The van der Waals surface area contributed by atoms with Crippen LogP contribution >= 0.6 is 0 Å². The molecule has 0 spiro atoms. The Morgan fingerprint density at radius 2 is 1.62 bits per heavy atom. The average molecular weight is 351 g/mol. The number of hydrogen-bond acceptors (Lipinski definition) is 4. The van der Waals surface area contributed by atoms with Crippen LogP contribution in [-0.4, -0.2) is 19.6 Å². The maximum Gasteiger partial charge on any atom is 0.287 e. The second-order valence-corrected chi connectivity index (χ2v) is 5.66. The highest BCUT2D eigenvalue weighted by Crippen LogP contribution is 2.26. The summed E-state index contributed by atoms with van der Waals surface area (Å²) in [6, 6.07) is 18.3. The molecular formula is C21H21NO4. The van der Waals surface area contributed by atoms with E-state index in [1.54, 1.807) is 19.2 Å². The minimum atomic E-state index is -0.325. The first kappa shape index (κ1) is 17.6. The van der Waals surface area contributed by atoms with Crippen molar-refractivity contribution in [2.45, 2.75) is 13.0 Å². The maximum atomic E-state index is 12.5.